The minimum Gasteiger partial charge on any atom is -0.441 e. The van der Waals surface area contributed by atoms with Crippen molar-refractivity contribution < 1.29 is 13.6 Å². The second-order valence-electron chi connectivity index (χ2n) is 8.57. The van der Waals surface area contributed by atoms with Crippen LogP contribution in [0, 0.1) is 12.7 Å². The lowest BCUT2D eigenvalue weighted by Gasteiger charge is -2.40. The highest BCUT2D eigenvalue weighted by Crippen LogP contribution is 2.36. The monoisotopic (exact) mass is 480 g/mol. The number of aromatic nitrogens is 2. The molecule has 2 unspecified atom stereocenters. The molecule has 0 aliphatic carbocycles. The van der Waals surface area contributed by atoms with E-state index in [4.69, 9.17) is 16.0 Å². The summed E-state index contributed by atoms with van der Waals surface area (Å²) in [5.41, 5.74) is 4.02. The lowest BCUT2D eigenvalue weighted by molar-refractivity contribution is 0.158. The zero-order valence-corrected chi connectivity index (χ0v) is 19.5. The Hall–Kier alpha value is -3.65. The Morgan fingerprint density at radius 2 is 2.06 bits per heavy atom. The maximum atomic E-state index is 15.1. The van der Waals surface area contributed by atoms with Gasteiger partial charge in [0.15, 0.2) is 11.5 Å². The molecule has 7 nitrogen and oxygen atoms in total. The highest BCUT2D eigenvalue weighted by atomic mass is 35.5. The Balaban J connectivity index is 1.42. The van der Waals surface area contributed by atoms with Gasteiger partial charge in [-0.3, -0.25) is 4.79 Å². The minimum atomic E-state index is -0.608. The van der Waals surface area contributed by atoms with E-state index in [1.54, 1.807) is 42.3 Å². The Morgan fingerprint density at radius 3 is 2.85 bits per heavy atom. The third-order valence-corrected chi connectivity index (χ3v) is 6.56. The van der Waals surface area contributed by atoms with Gasteiger partial charge < -0.3 is 19.6 Å². The summed E-state index contributed by atoms with van der Waals surface area (Å²) >= 11 is 6.49. The molecule has 34 heavy (non-hydrogen) atoms. The molecule has 0 saturated carbocycles. The summed E-state index contributed by atoms with van der Waals surface area (Å²) in [5, 5.41) is 2.95. The van der Waals surface area contributed by atoms with Gasteiger partial charge in [-0.15, -0.1) is 0 Å². The molecule has 0 radical (unpaired) electrons. The maximum absolute atomic E-state index is 15.1. The lowest BCUT2D eigenvalue weighted by Crippen LogP contribution is -2.47. The van der Waals surface area contributed by atoms with Crippen molar-refractivity contribution in [3.8, 4) is 11.1 Å². The van der Waals surface area contributed by atoms with Gasteiger partial charge in [0, 0.05) is 30.8 Å². The molecule has 2 atom stereocenters. The SMILES string of the molecule is Cc1nc2ccc(-c3cc(F)c(NC(=O)N4C(C)Cc5cc(=O)[nH]cc5C4C)cc3Cl)cc2o1. The van der Waals surface area contributed by atoms with Gasteiger partial charge in [0.2, 0.25) is 5.56 Å². The van der Waals surface area contributed by atoms with Crippen LogP contribution in [0.25, 0.3) is 22.2 Å². The van der Waals surface area contributed by atoms with Crippen LogP contribution in [0.4, 0.5) is 14.9 Å². The number of halogens is 2. The molecule has 174 valence electrons. The van der Waals surface area contributed by atoms with Gasteiger partial charge in [0.05, 0.1) is 16.8 Å². The summed E-state index contributed by atoms with van der Waals surface area (Å²) in [6.07, 6.45) is 2.16. The second kappa shape index (κ2) is 8.29. The Kier molecular flexibility index (Phi) is 5.40. The van der Waals surface area contributed by atoms with Crippen LogP contribution in [0.3, 0.4) is 0 Å². The molecule has 3 heterocycles. The lowest BCUT2D eigenvalue weighted by atomic mass is 9.91. The number of carbonyl (C=O) groups excluding carboxylic acids is 1. The molecule has 2 aromatic heterocycles. The van der Waals surface area contributed by atoms with Crippen LogP contribution in [0.15, 0.2) is 51.8 Å². The first-order valence-corrected chi connectivity index (χ1v) is 11.3. The molecule has 0 bridgehead atoms. The largest absolute Gasteiger partial charge is 0.441 e. The number of aryl methyl sites for hydroxylation is 1. The molecule has 1 aliphatic rings. The predicted molar refractivity (Wildman–Crippen MR) is 129 cm³/mol. The molecule has 5 rings (SSSR count). The molecule has 0 fully saturated rings. The topological polar surface area (TPSA) is 91.2 Å². The number of anilines is 1. The quantitative estimate of drug-likeness (QED) is 0.378. The van der Waals surface area contributed by atoms with Crippen molar-refractivity contribution in [3.05, 3.63) is 80.8 Å². The Labute approximate surface area is 199 Å². The summed E-state index contributed by atoms with van der Waals surface area (Å²) in [6.45, 7) is 5.53. The molecule has 1 aliphatic heterocycles. The number of hydrogen-bond acceptors (Lipinski definition) is 4. The molecule has 9 heteroatoms. The van der Waals surface area contributed by atoms with Gasteiger partial charge in [0.1, 0.15) is 11.3 Å². The molecule has 2 aromatic carbocycles. The van der Waals surface area contributed by atoms with Crippen LogP contribution in [0.2, 0.25) is 5.02 Å². The van der Waals surface area contributed by atoms with E-state index in [1.807, 2.05) is 13.8 Å². The number of rotatable bonds is 2. The van der Waals surface area contributed by atoms with Crippen LogP contribution in [-0.4, -0.2) is 26.9 Å². The van der Waals surface area contributed by atoms with Gasteiger partial charge in [-0.05, 0) is 61.2 Å². The third kappa shape index (κ3) is 3.84. The number of carbonyl (C=O) groups is 1. The highest BCUT2D eigenvalue weighted by Gasteiger charge is 2.33. The molecular weight excluding hydrogens is 459 g/mol. The van der Waals surface area contributed by atoms with E-state index >= 15 is 4.39 Å². The summed E-state index contributed by atoms with van der Waals surface area (Å²) in [6, 6.07) is 8.68. The van der Waals surface area contributed by atoms with E-state index in [-0.39, 0.29) is 28.4 Å². The van der Waals surface area contributed by atoms with Crippen LogP contribution in [0.5, 0.6) is 0 Å². The smallest absolute Gasteiger partial charge is 0.322 e. The van der Waals surface area contributed by atoms with Gasteiger partial charge in [-0.1, -0.05) is 17.7 Å². The van der Waals surface area contributed by atoms with E-state index in [1.165, 1.54) is 12.1 Å². The summed E-state index contributed by atoms with van der Waals surface area (Å²) in [4.78, 5) is 33.4. The van der Waals surface area contributed by atoms with E-state index < -0.39 is 11.8 Å². The molecule has 2 N–H and O–H groups in total. The number of nitrogens with zero attached hydrogens (tertiary/aromatic N) is 2. The van der Waals surface area contributed by atoms with Crippen molar-refractivity contribution in [1.82, 2.24) is 14.9 Å². The number of oxazole rings is 1. The first kappa shape index (κ1) is 22.2. The van der Waals surface area contributed by atoms with Crippen LogP contribution in [0.1, 0.15) is 36.9 Å². The van der Waals surface area contributed by atoms with Crippen LogP contribution in [-0.2, 0) is 6.42 Å². The van der Waals surface area contributed by atoms with Crippen molar-refractivity contribution in [3.63, 3.8) is 0 Å². The van der Waals surface area contributed by atoms with Gasteiger partial charge >= 0.3 is 6.03 Å². The molecule has 4 aromatic rings. The van der Waals surface area contributed by atoms with E-state index in [0.29, 0.717) is 34.5 Å². The fourth-order valence-electron chi connectivity index (χ4n) is 4.67. The maximum Gasteiger partial charge on any atom is 0.322 e. The van der Waals surface area contributed by atoms with Crippen LogP contribution < -0.4 is 10.9 Å². The first-order valence-electron chi connectivity index (χ1n) is 10.9. The molecular formula is C25H22ClFN4O3. The number of nitrogens with one attached hydrogen (secondary N) is 2. The number of hydrogen-bond donors (Lipinski definition) is 2. The average molecular weight is 481 g/mol. The number of urea groups is 1. The molecule has 2 amide bonds. The number of aromatic amines is 1. The van der Waals surface area contributed by atoms with Gasteiger partial charge in [0.25, 0.3) is 0 Å². The third-order valence-electron chi connectivity index (χ3n) is 6.24. The van der Waals surface area contributed by atoms with Crippen molar-refractivity contribution in [1.29, 1.82) is 0 Å². The van der Waals surface area contributed by atoms with Crippen molar-refractivity contribution in [2.45, 2.75) is 39.3 Å². The van der Waals surface area contributed by atoms with Gasteiger partial charge in [-0.2, -0.15) is 0 Å². The Bertz CT molecular complexity index is 1500. The highest BCUT2D eigenvalue weighted by molar-refractivity contribution is 6.33. The average Bonchev–Trinajstić information content (AvgIpc) is 3.15. The second-order valence-corrected chi connectivity index (χ2v) is 8.98. The van der Waals surface area contributed by atoms with Crippen molar-refractivity contribution in [2.24, 2.45) is 0 Å². The zero-order chi connectivity index (χ0) is 24.1. The first-order chi connectivity index (χ1) is 16.2. The van der Waals surface area contributed by atoms with E-state index in [9.17, 15) is 9.59 Å². The predicted octanol–water partition coefficient (Wildman–Crippen LogP) is 5.82. The molecule has 0 spiro atoms. The van der Waals surface area contributed by atoms with Crippen molar-refractivity contribution >= 4 is 34.4 Å². The number of fused-ring (bicyclic) bond motifs is 2. The number of benzene rings is 2. The number of H-pyrrole nitrogens is 1. The standard InChI is InChI=1S/C25H22ClFN4O3/c1-12-6-16-8-24(32)28-11-18(16)13(2)31(12)25(33)30-22-10-19(26)17(9-20(22)27)15-4-5-21-23(7-15)34-14(3)29-21/h4-5,7-13H,6H2,1-3H3,(H,28,32)(H,30,33). The normalized spacial score (nSPS) is 17.6. The number of pyridine rings is 1. The van der Waals surface area contributed by atoms with Crippen LogP contribution >= 0.6 is 11.6 Å². The number of amides is 2. The minimum absolute atomic E-state index is 0.0120. The summed E-state index contributed by atoms with van der Waals surface area (Å²) in [5.74, 6) is -0.0683. The van der Waals surface area contributed by atoms with Gasteiger partial charge in [-0.25, -0.2) is 14.2 Å². The molecule has 0 saturated heterocycles. The van der Waals surface area contributed by atoms with E-state index in [0.717, 1.165) is 11.1 Å². The van der Waals surface area contributed by atoms with E-state index in [2.05, 4.69) is 15.3 Å². The fourth-order valence-corrected chi connectivity index (χ4v) is 4.94. The summed E-state index contributed by atoms with van der Waals surface area (Å²) in [7, 11) is 0. The summed E-state index contributed by atoms with van der Waals surface area (Å²) < 4.78 is 20.6. The van der Waals surface area contributed by atoms with Crippen molar-refractivity contribution in [2.75, 3.05) is 5.32 Å². The zero-order valence-electron chi connectivity index (χ0n) is 18.8. The fraction of sp³-hybridized carbons (Fsp3) is 0.240. The Morgan fingerprint density at radius 1 is 1.26 bits per heavy atom.